The molecule has 0 radical (unpaired) electrons. The third-order valence-corrected chi connectivity index (χ3v) is 4.26. The average Bonchev–Trinajstić information content (AvgIpc) is 2.46. The van der Waals surface area contributed by atoms with E-state index >= 15 is 0 Å². The third-order valence-electron chi connectivity index (χ3n) is 2.79. The molecule has 2 N–H and O–H groups in total. The van der Waals surface area contributed by atoms with Gasteiger partial charge in [0, 0.05) is 20.6 Å². The monoisotopic (exact) mass is 315 g/mol. The van der Waals surface area contributed by atoms with Gasteiger partial charge in [-0.05, 0) is 24.1 Å². The molecule has 1 amide bonds. The summed E-state index contributed by atoms with van der Waals surface area (Å²) in [6, 6.07) is 7.53. The summed E-state index contributed by atoms with van der Waals surface area (Å²) in [7, 11) is 0.817. The van der Waals surface area contributed by atoms with Crippen molar-refractivity contribution in [1.82, 2.24) is 14.3 Å². The van der Waals surface area contributed by atoms with Crippen LogP contribution in [0.1, 0.15) is 5.56 Å². The molecular formula is C13H21N3O4S. The Balaban J connectivity index is 2.30. The predicted molar refractivity (Wildman–Crippen MR) is 80.3 cm³/mol. The summed E-state index contributed by atoms with van der Waals surface area (Å²) in [4.78, 5) is 11.5. The van der Waals surface area contributed by atoms with Crippen LogP contribution in [0.15, 0.2) is 24.3 Å². The van der Waals surface area contributed by atoms with Gasteiger partial charge in [0.2, 0.25) is 5.91 Å². The van der Waals surface area contributed by atoms with E-state index in [4.69, 9.17) is 4.74 Å². The number of amides is 1. The molecule has 0 aliphatic heterocycles. The Hall–Kier alpha value is -1.64. The van der Waals surface area contributed by atoms with Gasteiger partial charge in [0.15, 0.2) is 0 Å². The number of carbonyl (C=O) groups is 1. The topological polar surface area (TPSA) is 87.7 Å². The maximum Gasteiger partial charge on any atom is 0.279 e. The number of benzene rings is 1. The number of methoxy groups -OCH3 is 1. The number of nitrogens with zero attached hydrogens (tertiary/aromatic N) is 1. The van der Waals surface area contributed by atoms with Crippen LogP contribution in [-0.2, 0) is 21.4 Å². The van der Waals surface area contributed by atoms with Crippen molar-refractivity contribution in [3.05, 3.63) is 29.8 Å². The Morgan fingerprint density at radius 3 is 2.38 bits per heavy atom. The molecule has 0 heterocycles. The van der Waals surface area contributed by atoms with E-state index in [0.717, 1.165) is 15.6 Å². The van der Waals surface area contributed by atoms with Crippen molar-refractivity contribution in [2.75, 3.05) is 34.3 Å². The molecule has 0 aliphatic rings. The van der Waals surface area contributed by atoms with Crippen LogP contribution >= 0.6 is 0 Å². The largest absolute Gasteiger partial charge is 0.497 e. The SMILES string of the molecule is COc1ccc(CCNC(=O)CNS(=O)(=O)N(C)C)cc1. The Morgan fingerprint density at radius 1 is 1.24 bits per heavy atom. The number of carbonyl (C=O) groups excluding carboxylic acids is 1. The molecular weight excluding hydrogens is 294 g/mol. The molecule has 1 aromatic carbocycles. The summed E-state index contributed by atoms with van der Waals surface area (Å²) < 4.78 is 31.1. The smallest absolute Gasteiger partial charge is 0.279 e. The zero-order valence-electron chi connectivity index (χ0n) is 12.4. The lowest BCUT2D eigenvalue weighted by Gasteiger charge is -2.12. The molecule has 0 fully saturated rings. The fraction of sp³-hybridized carbons (Fsp3) is 0.462. The van der Waals surface area contributed by atoms with Crippen LogP contribution < -0.4 is 14.8 Å². The van der Waals surface area contributed by atoms with Gasteiger partial charge in [-0.3, -0.25) is 4.79 Å². The fourth-order valence-electron chi connectivity index (χ4n) is 1.49. The molecule has 8 heteroatoms. The standard InChI is InChI=1S/C13H21N3O4S/c1-16(2)21(18,19)15-10-13(17)14-9-8-11-4-6-12(20-3)7-5-11/h4-7,15H,8-10H2,1-3H3,(H,14,17). The minimum absolute atomic E-state index is 0.275. The van der Waals surface area contributed by atoms with Crippen molar-refractivity contribution in [2.24, 2.45) is 0 Å². The Bertz CT molecular complexity index is 555. The van der Waals surface area contributed by atoms with Crippen molar-refractivity contribution in [3.8, 4) is 5.75 Å². The van der Waals surface area contributed by atoms with E-state index in [2.05, 4.69) is 10.0 Å². The van der Waals surface area contributed by atoms with Crippen molar-refractivity contribution >= 4 is 16.1 Å². The first-order valence-electron chi connectivity index (χ1n) is 6.42. The number of rotatable bonds is 8. The van der Waals surface area contributed by atoms with Crippen LogP contribution in [-0.4, -0.2) is 52.9 Å². The van der Waals surface area contributed by atoms with E-state index in [0.29, 0.717) is 13.0 Å². The lowest BCUT2D eigenvalue weighted by atomic mass is 10.1. The summed E-state index contributed by atoms with van der Waals surface area (Å²) in [6.07, 6.45) is 0.663. The number of nitrogens with one attached hydrogen (secondary N) is 2. The van der Waals surface area contributed by atoms with Gasteiger partial charge < -0.3 is 10.1 Å². The zero-order chi connectivity index (χ0) is 15.9. The molecule has 0 atom stereocenters. The first-order valence-corrected chi connectivity index (χ1v) is 7.86. The summed E-state index contributed by atoms with van der Waals surface area (Å²) in [5.41, 5.74) is 1.06. The number of hydrogen-bond donors (Lipinski definition) is 2. The van der Waals surface area contributed by atoms with Gasteiger partial charge in [-0.2, -0.15) is 17.4 Å². The molecule has 7 nitrogen and oxygen atoms in total. The van der Waals surface area contributed by atoms with E-state index in [1.807, 2.05) is 24.3 Å². The first kappa shape index (κ1) is 17.4. The molecule has 0 saturated heterocycles. The second-order valence-corrected chi connectivity index (χ2v) is 6.53. The quantitative estimate of drug-likeness (QED) is 0.692. The highest BCUT2D eigenvalue weighted by atomic mass is 32.2. The minimum atomic E-state index is -3.57. The zero-order valence-corrected chi connectivity index (χ0v) is 13.2. The van der Waals surface area contributed by atoms with Gasteiger partial charge in [0.25, 0.3) is 10.2 Å². The maximum atomic E-state index is 11.5. The number of hydrogen-bond acceptors (Lipinski definition) is 4. The van der Waals surface area contributed by atoms with Gasteiger partial charge in [-0.1, -0.05) is 12.1 Å². The molecule has 118 valence electrons. The second kappa shape index (κ2) is 7.96. The fourth-order valence-corrected chi connectivity index (χ4v) is 2.06. The molecule has 0 unspecified atom stereocenters. The molecule has 0 aromatic heterocycles. The molecule has 21 heavy (non-hydrogen) atoms. The Labute approximate surface area is 125 Å². The van der Waals surface area contributed by atoms with Gasteiger partial charge in [0.1, 0.15) is 5.75 Å². The van der Waals surface area contributed by atoms with Crippen LogP contribution in [0.4, 0.5) is 0 Å². The van der Waals surface area contributed by atoms with Crippen LogP contribution in [0.5, 0.6) is 5.75 Å². The van der Waals surface area contributed by atoms with Crippen molar-refractivity contribution in [3.63, 3.8) is 0 Å². The first-order chi connectivity index (χ1) is 9.85. The summed E-state index contributed by atoms with van der Waals surface area (Å²) in [5.74, 6) is 0.412. The molecule has 0 spiro atoms. The van der Waals surface area contributed by atoms with Crippen molar-refractivity contribution < 1.29 is 17.9 Å². The van der Waals surface area contributed by atoms with Gasteiger partial charge in [-0.25, -0.2) is 0 Å². The van der Waals surface area contributed by atoms with Crippen LogP contribution in [0.25, 0.3) is 0 Å². The summed E-state index contributed by atoms with van der Waals surface area (Å²) >= 11 is 0. The highest BCUT2D eigenvalue weighted by Crippen LogP contribution is 2.11. The highest BCUT2D eigenvalue weighted by molar-refractivity contribution is 7.87. The Kier molecular flexibility index (Phi) is 6.60. The van der Waals surface area contributed by atoms with E-state index in [1.54, 1.807) is 7.11 Å². The third kappa shape index (κ3) is 6.11. The predicted octanol–water partition coefficient (Wildman–Crippen LogP) is -0.250. The molecule has 1 rings (SSSR count). The Morgan fingerprint density at radius 2 is 1.86 bits per heavy atom. The van der Waals surface area contributed by atoms with Crippen LogP contribution in [0.2, 0.25) is 0 Å². The minimum Gasteiger partial charge on any atom is -0.497 e. The van der Waals surface area contributed by atoms with E-state index in [1.165, 1.54) is 14.1 Å². The summed E-state index contributed by atoms with van der Waals surface area (Å²) in [5, 5.41) is 2.66. The van der Waals surface area contributed by atoms with Gasteiger partial charge in [0.05, 0.1) is 13.7 Å². The van der Waals surface area contributed by atoms with Crippen molar-refractivity contribution in [1.29, 1.82) is 0 Å². The lowest BCUT2D eigenvalue weighted by Crippen LogP contribution is -2.42. The average molecular weight is 315 g/mol. The molecule has 0 saturated carbocycles. The van der Waals surface area contributed by atoms with Gasteiger partial charge >= 0.3 is 0 Å². The normalized spacial score (nSPS) is 11.4. The summed E-state index contributed by atoms with van der Waals surface area (Å²) in [6.45, 7) is 0.165. The van der Waals surface area contributed by atoms with Crippen LogP contribution in [0, 0.1) is 0 Å². The molecule has 0 aliphatic carbocycles. The van der Waals surface area contributed by atoms with E-state index < -0.39 is 10.2 Å². The second-order valence-electron chi connectivity index (χ2n) is 4.56. The van der Waals surface area contributed by atoms with E-state index in [-0.39, 0.29) is 12.5 Å². The molecule has 0 bridgehead atoms. The highest BCUT2D eigenvalue weighted by Gasteiger charge is 2.14. The number of ether oxygens (including phenoxy) is 1. The van der Waals surface area contributed by atoms with Crippen LogP contribution in [0.3, 0.4) is 0 Å². The maximum absolute atomic E-state index is 11.5. The van der Waals surface area contributed by atoms with Gasteiger partial charge in [-0.15, -0.1) is 0 Å². The van der Waals surface area contributed by atoms with Crippen molar-refractivity contribution in [2.45, 2.75) is 6.42 Å². The lowest BCUT2D eigenvalue weighted by molar-refractivity contribution is -0.119. The molecule has 1 aromatic rings. The van der Waals surface area contributed by atoms with E-state index in [9.17, 15) is 13.2 Å².